The van der Waals surface area contributed by atoms with Crippen LogP contribution in [-0.4, -0.2) is 33.9 Å². The number of nitrogens with one attached hydrogen (secondary N) is 2. The van der Waals surface area contributed by atoms with Crippen LogP contribution in [0.25, 0.3) is 10.9 Å². The number of aromatic nitrogens is 2. The third kappa shape index (κ3) is 5.29. The van der Waals surface area contributed by atoms with E-state index in [2.05, 4.69) is 36.1 Å². The lowest BCUT2D eigenvalue weighted by Crippen LogP contribution is -2.33. The van der Waals surface area contributed by atoms with E-state index in [1.807, 2.05) is 54.3 Å². The molecule has 0 fully saturated rings. The number of amides is 1. The molecule has 0 aliphatic rings. The summed E-state index contributed by atoms with van der Waals surface area (Å²) in [4.78, 5) is 34.0. The predicted molar refractivity (Wildman–Crippen MR) is 117 cm³/mol. The molecule has 1 aromatic heterocycles. The van der Waals surface area contributed by atoms with Crippen molar-refractivity contribution in [2.75, 3.05) is 18.4 Å². The van der Waals surface area contributed by atoms with E-state index in [1.54, 1.807) is 6.07 Å². The fourth-order valence-corrected chi connectivity index (χ4v) is 3.16. The van der Waals surface area contributed by atoms with Crippen LogP contribution in [0.1, 0.15) is 39.1 Å². The van der Waals surface area contributed by atoms with Crippen molar-refractivity contribution in [3.63, 3.8) is 0 Å². The van der Waals surface area contributed by atoms with Crippen LogP contribution in [0.5, 0.6) is 0 Å². The van der Waals surface area contributed by atoms with E-state index in [0.29, 0.717) is 29.8 Å². The number of anilines is 1. The molecule has 3 rings (SSSR count). The summed E-state index contributed by atoms with van der Waals surface area (Å²) >= 11 is 0. The summed E-state index contributed by atoms with van der Waals surface area (Å²) in [5, 5.41) is 3.50. The fourth-order valence-electron chi connectivity index (χ4n) is 3.16. The molecule has 2 N–H and O–H groups in total. The molecule has 29 heavy (non-hydrogen) atoms. The van der Waals surface area contributed by atoms with Gasteiger partial charge in [0.25, 0.3) is 5.56 Å². The molecule has 0 spiro atoms. The van der Waals surface area contributed by atoms with Crippen LogP contribution in [0.15, 0.2) is 53.3 Å². The van der Waals surface area contributed by atoms with Crippen LogP contribution in [0, 0.1) is 0 Å². The number of fused-ring (bicyclic) bond motifs is 1. The first-order chi connectivity index (χ1) is 13.8. The molecule has 152 valence electrons. The largest absolute Gasteiger partial charge is 0.325 e. The zero-order valence-electron chi connectivity index (χ0n) is 17.5. The number of nitrogens with zero attached hydrogens (tertiary/aromatic N) is 2. The van der Waals surface area contributed by atoms with Crippen molar-refractivity contribution in [1.82, 2.24) is 14.9 Å². The Kier molecular flexibility index (Phi) is 6.13. The molecule has 0 saturated carbocycles. The van der Waals surface area contributed by atoms with Crippen molar-refractivity contribution >= 4 is 22.5 Å². The number of hydrogen-bond acceptors (Lipinski definition) is 4. The van der Waals surface area contributed by atoms with Gasteiger partial charge in [0.2, 0.25) is 5.91 Å². The van der Waals surface area contributed by atoms with Gasteiger partial charge < -0.3 is 10.3 Å². The number of para-hydroxylation sites is 1. The Labute approximate surface area is 171 Å². The van der Waals surface area contributed by atoms with Crippen molar-refractivity contribution < 1.29 is 4.79 Å². The molecule has 0 atom stereocenters. The van der Waals surface area contributed by atoms with Gasteiger partial charge in [-0.1, -0.05) is 52.0 Å². The summed E-state index contributed by atoms with van der Waals surface area (Å²) in [5.74, 6) is 0.455. The van der Waals surface area contributed by atoms with Crippen molar-refractivity contribution in [3.8, 4) is 0 Å². The smallest absolute Gasteiger partial charge is 0.258 e. The third-order valence-corrected chi connectivity index (χ3v) is 4.88. The number of likely N-dealkylation sites (N-methyl/N-ethyl adjacent to an activating group) is 1. The second kappa shape index (κ2) is 8.57. The Bertz CT molecular complexity index is 1050. The topological polar surface area (TPSA) is 78.1 Å². The normalized spacial score (nSPS) is 11.8. The molecule has 2 aromatic carbocycles. The quantitative estimate of drug-likeness (QED) is 0.671. The van der Waals surface area contributed by atoms with Gasteiger partial charge in [-0.15, -0.1) is 0 Å². The summed E-state index contributed by atoms with van der Waals surface area (Å²) in [6.07, 6.45) is 0. The minimum atomic E-state index is -0.162. The maximum absolute atomic E-state index is 12.5. The molecule has 0 radical (unpaired) electrons. The van der Waals surface area contributed by atoms with Crippen molar-refractivity contribution in [1.29, 1.82) is 0 Å². The Morgan fingerprint density at radius 2 is 1.79 bits per heavy atom. The maximum Gasteiger partial charge on any atom is 0.258 e. The van der Waals surface area contributed by atoms with Gasteiger partial charge in [-0.2, -0.15) is 0 Å². The van der Waals surface area contributed by atoms with Crippen LogP contribution < -0.4 is 10.9 Å². The molecule has 0 bridgehead atoms. The van der Waals surface area contributed by atoms with Crippen LogP contribution in [0.2, 0.25) is 0 Å². The van der Waals surface area contributed by atoms with E-state index < -0.39 is 0 Å². The third-order valence-electron chi connectivity index (χ3n) is 4.88. The summed E-state index contributed by atoms with van der Waals surface area (Å²) in [5.41, 5.74) is 2.56. The number of carbonyl (C=O) groups excluding carboxylic acids is 1. The van der Waals surface area contributed by atoms with E-state index >= 15 is 0 Å². The van der Waals surface area contributed by atoms with E-state index in [1.165, 1.54) is 5.56 Å². The maximum atomic E-state index is 12.5. The lowest BCUT2D eigenvalue weighted by atomic mass is 9.87. The van der Waals surface area contributed by atoms with Gasteiger partial charge in [-0.25, -0.2) is 4.98 Å². The highest BCUT2D eigenvalue weighted by atomic mass is 16.2. The SMILES string of the molecule is CCN(CC(=O)Nc1ccc(C(C)(C)C)cc1)Cc1nc2ccccc2c(=O)[nH]1. The molecule has 0 saturated heterocycles. The van der Waals surface area contributed by atoms with Crippen LogP contribution in [0.3, 0.4) is 0 Å². The Hall–Kier alpha value is -2.99. The standard InChI is InChI=1S/C23H28N4O2/c1-5-27(14-20-25-19-9-7-6-8-18(19)22(29)26-20)15-21(28)24-17-12-10-16(11-13-17)23(2,3)4/h6-13H,5,14-15H2,1-4H3,(H,24,28)(H,25,26,29). The molecular weight excluding hydrogens is 364 g/mol. The van der Waals surface area contributed by atoms with Gasteiger partial charge in [0.05, 0.1) is 24.0 Å². The van der Waals surface area contributed by atoms with Crippen molar-refractivity contribution in [3.05, 3.63) is 70.3 Å². The lowest BCUT2D eigenvalue weighted by molar-refractivity contribution is -0.117. The number of benzene rings is 2. The van der Waals surface area contributed by atoms with Gasteiger partial charge in [0, 0.05) is 5.69 Å². The van der Waals surface area contributed by atoms with Crippen LogP contribution >= 0.6 is 0 Å². The zero-order chi connectivity index (χ0) is 21.0. The summed E-state index contributed by atoms with van der Waals surface area (Å²) in [6, 6.07) is 15.2. The second-order valence-electron chi connectivity index (χ2n) is 8.21. The first kappa shape index (κ1) is 20.7. The van der Waals surface area contributed by atoms with E-state index in [9.17, 15) is 9.59 Å². The molecule has 0 aliphatic heterocycles. The summed E-state index contributed by atoms with van der Waals surface area (Å²) < 4.78 is 0. The number of carbonyl (C=O) groups is 1. The lowest BCUT2D eigenvalue weighted by Gasteiger charge is -2.20. The van der Waals surface area contributed by atoms with Gasteiger partial charge in [0.1, 0.15) is 5.82 Å². The molecule has 0 aliphatic carbocycles. The Balaban J connectivity index is 1.65. The fraction of sp³-hybridized carbons (Fsp3) is 0.348. The van der Waals surface area contributed by atoms with Gasteiger partial charge in [-0.3, -0.25) is 14.5 Å². The summed E-state index contributed by atoms with van der Waals surface area (Å²) in [7, 11) is 0. The molecule has 1 amide bonds. The number of hydrogen-bond donors (Lipinski definition) is 2. The van der Waals surface area contributed by atoms with Crippen LogP contribution in [-0.2, 0) is 16.8 Å². The van der Waals surface area contributed by atoms with Crippen molar-refractivity contribution in [2.24, 2.45) is 0 Å². The average Bonchev–Trinajstić information content (AvgIpc) is 2.67. The first-order valence-electron chi connectivity index (χ1n) is 9.87. The molecule has 1 heterocycles. The van der Waals surface area contributed by atoms with Gasteiger partial charge in [0.15, 0.2) is 0 Å². The van der Waals surface area contributed by atoms with E-state index in [4.69, 9.17) is 0 Å². The van der Waals surface area contributed by atoms with E-state index in [-0.39, 0.29) is 23.4 Å². The van der Waals surface area contributed by atoms with Crippen molar-refractivity contribution in [2.45, 2.75) is 39.7 Å². The number of rotatable bonds is 6. The Morgan fingerprint density at radius 1 is 1.10 bits per heavy atom. The predicted octanol–water partition coefficient (Wildman–Crippen LogP) is 3.68. The van der Waals surface area contributed by atoms with Gasteiger partial charge >= 0.3 is 0 Å². The highest BCUT2D eigenvalue weighted by Gasteiger charge is 2.15. The highest BCUT2D eigenvalue weighted by molar-refractivity contribution is 5.92. The monoisotopic (exact) mass is 392 g/mol. The molecule has 6 heteroatoms. The average molecular weight is 393 g/mol. The molecule has 6 nitrogen and oxygen atoms in total. The minimum Gasteiger partial charge on any atom is -0.325 e. The van der Waals surface area contributed by atoms with Crippen LogP contribution in [0.4, 0.5) is 5.69 Å². The minimum absolute atomic E-state index is 0.0747. The Morgan fingerprint density at radius 3 is 2.45 bits per heavy atom. The molecule has 3 aromatic rings. The second-order valence-corrected chi connectivity index (χ2v) is 8.21. The van der Waals surface area contributed by atoms with E-state index in [0.717, 1.165) is 5.69 Å². The number of H-pyrrole nitrogens is 1. The molecule has 0 unspecified atom stereocenters. The highest BCUT2D eigenvalue weighted by Crippen LogP contribution is 2.23. The molecular formula is C23H28N4O2. The zero-order valence-corrected chi connectivity index (χ0v) is 17.5. The number of aromatic amines is 1. The van der Waals surface area contributed by atoms with Gasteiger partial charge in [-0.05, 0) is 41.8 Å². The first-order valence-corrected chi connectivity index (χ1v) is 9.87. The summed E-state index contributed by atoms with van der Waals surface area (Å²) in [6.45, 7) is 9.72.